The van der Waals surface area contributed by atoms with Gasteiger partial charge in [-0.05, 0) is 36.3 Å². The van der Waals surface area contributed by atoms with Crippen molar-refractivity contribution in [2.45, 2.75) is 13.0 Å². The van der Waals surface area contributed by atoms with Gasteiger partial charge >= 0.3 is 5.97 Å². The predicted octanol–water partition coefficient (Wildman–Crippen LogP) is 4.02. The van der Waals surface area contributed by atoms with Gasteiger partial charge in [0.25, 0.3) is 0 Å². The molecule has 0 bridgehead atoms. The summed E-state index contributed by atoms with van der Waals surface area (Å²) in [6, 6.07) is 15.0. The van der Waals surface area contributed by atoms with E-state index in [2.05, 4.69) is 0 Å². The van der Waals surface area contributed by atoms with E-state index in [1.54, 1.807) is 26.4 Å². The van der Waals surface area contributed by atoms with Gasteiger partial charge in [-0.3, -0.25) is 0 Å². The highest BCUT2D eigenvalue weighted by atomic mass is 16.5. The molecule has 0 aliphatic rings. The third-order valence-electron chi connectivity index (χ3n) is 3.35. The van der Waals surface area contributed by atoms with E-state index in [0.717, 1.165) is 11.1 Å². The quantitative estimate of drug-likeness (QED) is 0.597. The Morgan fingerprint density at radius 3 is 2.17 bits per heavy atom. The predicted molar refractivity (Wildman–Crippen MR) is 89.5 cm³/mol. The maximum atomic E-state index is 11.9. The summed E-state index contributed by atoms with van der Waals surface area (Å²) < 4.78 is 15.8. The van der Waals surface area contributed by atoms with Gasteiger partial charge in [-0.1, -0.05) is 30.3 Å². The first-order chi connectivity index (χ1) is 11.1. The van der Waals surface area contributed by atoms with Crippen molar-refractivity contribution in [1.82, 2.24) is 0 Å². The highest BCUT2D eigenvalue weighted by Gasteiger charge is 2.09. The van der Waals surface area contributed by atoms with Crippen molar-refractivity contribution in [1.29, 1.82) is 0 Å². The highest BCUT2D eigenvalue weighted by molar-refractivity contribution is 5.87. The lowest BCUT2D eigenvalue weighted by Crippen LogP contribution is -2.05. The average molecular weight is 312 g/mol. The molecule has 2 aromatic carbocycles. The second-order valence-corrected chi connectivity index (χ2v) is 4.97. The van der Waals surface area contributed by atoms with Crippen LogP contribution in [0.4, 0.5) is 0 Å². The van der Waals surface area contributed by atoms with E-state index in [1.165, 1.54) is 6.08 Å². The fourth-order valence-electron chi connectivity index (χ4n) is 2.10. The minimum Gasteiger partial charge on any atom is -0.497 e. The molecule has 1 atom stereocenters. The summed E-state index contributed by atoms with van der Waals surface area (Å²) in [7, 11) is 3.16. The zero-order chi connectivity index (χ0) is 16.7. The van der Waals surface area contributed by atoms with Gasteiger partial charge in [-0.2, -0.15) is 0 Å². The van der Waals surface area contributed by atoms with Crippen LogP contribution in [-0.2, 0) is 9.53 Å². The lowest BCUT2D eigenvalue weighted by Gasteiger charge is -2.11. The number of benzene rings is 2. The third kappa shape index (κ3) is 4.88. The monoisotopic (exact) mass is 312 g/mol. The largest absolute Gasteiger partial charge is 0.497 e. The molecule has 4 heteroatoms. The average Bonchev–Trinajstić information content (AvgIpc) is 2.60. The molecule has 2 rings (SSSR count). The molecule has 0 fully saturated rings. The molecule has 0 aliphatic heterocycles. The Kier molecular flexibility index (Phi) is 5.80. The molecule has 0 aliphatic carbocycles. The molecule has 0 saturated heterocycles. The fourth-order valence-corrected chi connectivity index (χ4v) is 2.10. The van der Waals surface area contributed by atoms with Crippen LogP contribution in [-0.4, -0.2) is 20.2 Å². The number of hydrogen-bond acceptors (Lipinski definition) is 4. The molecule has 4 nitrogen and oxygen atoms in total. The number of carbonyl (C=O) groups is 1. The van der Waals surface area contributed by atoms with E-state index >= 15 is 0 Å². The van der Waals surface area contributed by atoms with Crippen LogP contribution in [0.5, 0.6) is 11.5 Å². The minimum atomic E-state index is -0.400. The molecule has 2 aromatic rings. The summed E-state index contributed by atoms with van der Waals surface area (Å²) in [5.41, 5.74) is 1.75. The van der Waals surface area contributed by atoms with Crippen LogP contribution in [0.2, 0.25) is 0 Å². The summed E-state index contributed by atoms with van der Waals surface area (Å²) in [5.74, 6) is 0.924. The Morgan fingerprint density at radius 1 is 1.00 bits per heavy atom. The summed E-state index contributed by atoms with van der Waals surface area (Å²) in [5, 5.41) is 0. The first-order valence-corrected chi connectivity index (χ1v) is 7.29. The van der Waals surface area contributed by atoms with Crippen LogP contribution in [0.1, 0.15) is 24.2 Å². The Balaban J connectivity index is 2.03. The van der Waals surface area contributed by atoms with Crippen LogP contribution in [0.15, 0.2) is 54.6 Å². The number of carbonyl (C=O) groups excluding carboxylic acids is 1. The fraction of sp³-hybridized carbons (Fsp3) is 0.211. The second kappa shape index (κ2) is 8.03. The Labute approximate surface area is 136 Å². The molecule has 0 N–H and O–H groups in total. The van der Waals surface area contributed by atoms with Crippen molar-refractivity contribution >= 4 is 12.0 Å². The number of ether oxygens (including phenoxy) is 3. The standard InChI is InChI=1S/C19H20O4/c1-14(16-7-5-4-6-8-16)23-19(20)10-9-15-11-17(21-2)13-18(12-15)22-3/h4-14H,1-3H3/b10-9+/t14-/m0/s1. The zero-order valence-electron chi connectivity index (χ0n) is 13.5. The van der Waals surface area contributed by atoms with Gasteiger partial charge in [0.1, 0.15) is 17.6 Å². The van der Waals surface area contributed by atoms with Gasteiger partial charge in [0, 0.05) is 12.1 Å². The molecule has 120 valence electrons. The Bertz CT molecular complexity index is 655. The van der Waals surface area contributed by atoms with Crippen molar-refractivity contribution in [2.75, 3.05) is 14.2 Å². The van der Waals surface area contributed by atoms with Crippen molar-refractivity contribution in [3.8, 4) is 11.5 Å². The van der Waals surface area contributed by atoms with Gasteiger partial charge in [-0.25, -0.2) is 4.79 Å². The van der Waals surface area contributed by atoms with E-state index in [1.807, 2.05) is 49.4 Å². The number of methoxy groups -OCH3 is 2. The first kappa shape index (κ1) is 16.6. The zero-order valence-corrected chi connectivity index (χ0v) is 13.5. The lowest BCUT2D eigenvalue weighted by molar-refractivity contribution is -0.142. The minimum absolute atomic E-state index is 0.298. The molecule has 0 heterocycles. The maximum Gasteiger partial charge on any atom is 0.331 e. The molecule has 0 spiro atoms. The molecule has 0 saturated carbocycles. The Morgan fingerprint density at radius 2 is 1.61 bits per heavy atom. The van der Waals surface area contributed by atoms with Crippen LogP contribution >= 0.6 is 0 Å². The summed E-state index contributed by atoms with van der Waals surface area (Å²) in [4.78, 5) is 11.9. The summed E-state index contributed by atoms with van der Waals surface area (Å²) >= 11 is 0. The summed E-state index contributed by atoms with van der Waals surface area (Å²) in [6.45, 7) is 1.84. The van der Waals surface area contributed by atoms with Gasteiger partial charge in [0.05, 0.1) is 14.2 Å². The molecule has 23 heavy (non-hydrogen) atoms. The van der Waals surface area contributed by atoms with Gasteiger partial charge in [0.2, 0.25) is 0 Å². The maximum absolute atomic E-state index is 11.9. The van der Waals surface area contributed by atoms with Crippen LogP contribution in [0.3, 0.4) is 0 Å². The van der Waals surface area contributed by atoms with Crippen molar-refractivity contribution in [3.05, 3.63) is 65.7 Å². The molecule has 0 radical (unpaired) electrons. The molecule has 0 aromatic heterocycles. The van der Waals surface area contributed by atoms with Crippen LogP contribution in [0, 0.1) is 0 Å². The van der Waals surface area contributed by atoms with E-state index in [9.17, 15) is 4.79 Å². The molecular formula is C19H20O4. The second-order valence-electron chi connectivity index (χ2n) is 4.97. The van der Waals surface area contributed by atoms with Crippen LogP contribution in [0.25, 0.3) is 6.08 Å². The van der Waals surface area contributed by atoms with Gasteiger partial charge in [-0.15, -0.1) is 0 Å². The van der Waals surface area contributed by atoms with E-state index in [-0.39, 0.29) is 6.10 Å². The first-order valence-electron chi connectivity index (χ1n) is 7.29. The Hall–Kier alpha value is -2.75. The van der Waals surface area contributed by atoms with E-state index in [4.69, 9.17) is 14.2 Å². The molecule has 0 unspecified atom stereocenters. The van der Waals surface area contributed by atoms with E-state index in [0.29, 0.717) is 11.5 Å². The van der Waals surface area contributed by atoms with Crippen molar-refractivity contribution in [2.24, 2.45) is 0 Å². The van der Waals surface area contributed by atoms with Gasteiger partial charge in [0.15, 0.2) is 0 Å². The SMILES string of the molecule is COc1cc(/C=C/C(=O)O[C@@H](C)c2ccccc2)cc(OC)c1. The third-order valence-corrected chi connectivity index (χ3v) is 3.35. The normalized spacial score (nSPS) is 12.0. The van der Waals surface area contributed by atoms with Gasteiger partial charge < -0.3 is 14.2 Å². The molecule has 0 amide bonds. The number of rotatable bonds is 6. The number of esters is 1. The smallest absolute Gasteiger partial charge is 0.331 e. The van der Waals surface area contributed by atoms with Crippen molar-refractivity contribution < 1.29 is 19.0 Å². The highest BCUT2D eigenvalue weighted by Crippen LogP contribution is 2.23. The summed E-state index contributed by atoms with van der Waals surface area (Å²) in [6.07, 6.45) is 2.77. The molecular weight excluding hydrogens is 292 g/mol. The topological polar surface area (TPSA) is 44.8 Å². The van der Waals surface area contributed by atoms with Crippen LogP contribution < -0.4 is 9.47 Å². The lowest BCUT2D eigenvalue weighted by atomic mass is 10.1. The van der Waals surface area contributed by atoms with E-state index < -0.39 is 5.97 Å². The van der Waals surface area contributed by atoms with Crippen molar-refractivity contribution in [3.63, 3.8) is 0 Å². The number of hydrogen-bond donors (Lipinski definition) is 0.